The minimum Gasteiger partial charge on any atom is -0.272 e. The van der Waals surface area contributed by atoms with E-state index in [-0.39, 0.29) is 17.3 Å². The first kappa shape index (κ1) is 18.0. The molecule has 124 valence electrons. The van der Waals surface area contributed by atoms with Gasteiger partial charge in [-0.15, -0.1) is 11.8 Å². The number of benzene rings is 2. The molecule has 0 saturated carbocycles. The summed E-state index contributed by atoms with van der Waals surface area (Å²) >= 11 is 7.15. The highest BCUT2D eigenvalue weighted by Crippen LogP contribution is 2.20. The molecule has 8 heteroatoms. The summed E-state index contributed by atoms with van der Waals surface area (Å²) in [4.78, 5) is 23.1. The Morgan fingerprint density at radius 1 is 1.33 bits per heavy atom. The molecule has 0 fully saturated rings. The van der Waals surface area contributed by atoms with Crippen molar-refractivity contribution in [3.05, 3.63) is 68.7 Å². The quantitative estimate of drug-likeness (QED) is 0.366. The zero-order valence-corrected chi connectivity index (χ0v) is 14.3. The van der Waals surface area contributed by atoms with Gasteiger partial charge < -0.3 is 0 Å². The van der Waals surface area contributed by atoms with Crippen molar-refractivity contribution in [2.75, 3.05) is 5.75 Å². The molecule has 0 saturated heterocycles. The molecule has 0 aromatic heterocycles. The lowest BCUT2D eigenvalue weighted by atomic mass is 10.1. The Kier molecular flexibility index (Phi) is 6.34. The van der Waals surface area contributed by atoms with Crippen LogP contribution in [0.2, 0.25) is 5.02 Å². The van der Waals surface area contributed by atoms with Crippen LogP contribution in [0.5, 0.6) is 0 Å². The number of rotatable bonds is 6. The van der Waals surface area contributed by atoms with Gasteiger partial charge in [-0.25, -0.2) is 5.43 Å². The number of hydrogen-bond acceptors (Lipinski definition) is 5. The maximum atomic E-state index is 11.7. The van der Waals surface area contributed by atoms with Crippen molar-refractivity contribution < 1.29 is 9.72 Å². The van der Waals surface area contributed by atoms with Crippen molar-refractivity contribution in [1.82, 2.24) is 5.43 Å². The van der Waals surface area contributed by atoms with E-state index in [1.807, 2.05) is 12.1 Å². The first-order chi connectivity index (χ1) is 11.5. The first-order valence-corrected chi connectivity index (χ1v) is 8.27. The second-order valence-corrected chi connectivity index (χ2v) is 6.32. The summed E-state index contributed by atoms with van der Waals surface area (Å²) in [5, 5.41) is 15.3. The number of nitrogens with one attached hydrogen (secondary N) is 1. The second-order valence-electron chi connectivity index (χ2n) is 4.84. The first-order valence-electron chi connectivity index (χ1n) is 6.91. The van der Waals surface area contributed by atoms with E-state index in [1.165, 1.54) is 24.0 Å². The van der Waals surface area contributed by atoms with Crippen LogP contribution in [0.25, 0.3) is 0 Å². The Morgan fingerprint density at radius 3 is 2.71 bits per heavy atom. The fourth-order valence-corrected chi connectivity index (χ4v) is 2.61. The predicted octanol–water partition coefficient (Wildman–Crippen LogP) is 3.80. The largest absolute Gasteiger partial charge is 0.272 e. The van der Waals surface area contributed by atoms with Gasteiger partial charge in [-0.3, -0.25) is 14.9 Å². The fourth-order valence-electron chi connectivity index (χ4n) is 1.79. The minimum atomic E-state index is -0.450. The van der Waals surface area contributed by atoms with Crippen LogP contribution in [0.1, 0.15) is 11.1 Å². The van der Waals surface area contributed by atoms with Gasteiger partial charge in [0.2, 0.25) is 5.91 Å². The Labute approximate surface area is 148 Å². The average molecular weight is 364 g/mol. The number of thioether (sulfide) groups is 1. The molecule has 0 radical (unpaired) electrons. The monoisotopic (exact) mass is 363 g/mol. The number of hydrogen-bond donors (Lipinski definition) is 1. The summed E-state index contributed by atoms with van der Waals surface area (Å²) in [6, 6.07) is 11.9. The van der Waals surface area contributed by atoms with E-state index in [0.29, 0.717) is 16.1 Å². The molecule has 0 aliphatic rings. The summed E-state index contributed by atoms with van der Waals surface area (Å²) in [6.07, 6.45) is 1.37. The summed E-state index contributed by atoms with van der Waals surface area (Å²) in [6.45, 7) is 1.66. The lowest BCUT2D eigenvalue weighted by Gasteiger charge is -2.01. The van der Waals surface area contributed by atoms with Gasteiger partial charge in [-0.05, 0) is 31.2 Å². The smallest absolute Gasteiger partial charge is 0.272 e. The molecule has 0 aliphatic carbocycles. The fraction of sp³-hybridized carbons (Fsp3) is 0.125. The normalized spacial score (nSPS) is 10.8. The van der Waals surface area contributed by atoms with Crippen LogP contribution in [-0.2, 0) is 4.79 Å². The van der Waals surface area contributed by atoms with Crippen molar-refractivity contribution in [3.63, 3.8) is 0 Å². The zero-order chi connectivity index (χ0) is 17.5. The summed E-state index contributed by atoms with van der Waals surface area (Å²) < 4.78 is 0. The SMILES string of the molecule is Cc1ccc(/C=N/NC(=O)CSc2ccc(Cl)cc2)cc1[N+](=O)[O-]. The molecule has 0 atom stereocenters. The van der Waals surface area contributed by atoms with E-state index in [0.717, 1.165) is 4.90 Å². The molecule has 0 unspecified atom stereocenters. The van der Waals surface area contributed by atoms with Gasteiger partial charge in [0, 0.05) is 27.1 Å². The number of carbonyl (C=O) groups excluding carboxylic acids is 1. The third-order valence-electron chi connectivity index (χ3n) is 3.02. The molecule has 24 heavy (non-hydrogen) atoms. The number of hydrazone groups is 1. The number of halogens is 1. The summed E-state index contributed by atoms with van der Waals surface area (Å²) in [5.41, 5.74) is 3.52. The van der Waals surface area contributed by atoms with Crippen LogP contribution in [0.3, 0.4) is 0 Å². The van der Waals surface area contributed by atoms with Crippen LogP contribution >= 0.6 is 23.4 Å². The third kappa shape index (κ3) is 5.36. The molecule has 0 heterocycles. The van der Waals surface area contributed by atoms with E-state index >= 15 is 0 Å². The zero-order valence-electron chi connectivity index (χ0n) is 12.7. The molecule has 2 rings (SSSR count). The van der Waals surface area contributed by atoms with Crippen molar-refractivity contribution in [2.45, 2.75) is 11.8 Å². The molecule has 1 N–H and O–H groups in total. The Hall–Kier alpha value is -2.38. The molecule has 0 aliphatic heterocycles. The highest BCUT2D eigenvalue weighted by Gasteiger charge is 2.10. The Morgan fingerprint density at radius 2 is 2.04 bits per heavy atom. The van der Waals surface area contributed by atoms with Crippen molar-refractivity contribution >= 4 is 41.2 Å². The van der Waals surface area contributed by atoms with Crippen molar-refractivity contribution in [1.29, 1.82) is 0 Å². The molecular weight excluding hydrogens is 350 g/mol. The Bertz CT molecular complexity index is 779. The number of carbonyl (C=O) groups is 1. The maximum Gasteiger partial charge on any atom is 0.272 e. The third-order valence-corrected chi connectivity index (χ3v) is 4.28. The van der Waals surface area contributed by atoms with E-state index in [4.69, 9.17) is 11.6 Å². The molecular formula is C16H14ClN3O3S. The lowest BCUT2D eigenvalue weighted by Crippen LogP contribution is -2.19. The van der Waals surface area contributed by atoms with E-state index in [1.54, 1.807) is 31.2 Å². The van der Waals surface area contributed by atoms with Crippen LogP contribution in [0.4, 0.5) is 5.69 Å². The summed E-state index contributed by atoms with van der Waals surface area (Å²) in [5.74, 6) is -0.0691. The van der Waals surface area contributed by atoms with E-state index in [2.05, 4.69) is 10.5 Å². The van der Waals surface area contributed by atoms with Gasteiger partial charge in [0.25, 0.3) is 5.69 Å². The van der Waals surface area contributed by atoms with E-state index < -0.39 is 4.92 Å². The van der Waals surface area contributed by atoms with Gasteiger partial charge in [-0.1, -0.05) is 23.7 Å². The lowest BCUT2D eigenvalue weighted by molar-refractivity contribution is -0.385. The molecule has 2 aromatic rings. The van der Waals surface area contributed by atoms with Crippen LogP contribution in [0.15, 0.2) is 52.5 Å². The predicted molar refractivity (Wildman–Crippen MR) is 95.7 cm³/mol. The van der Waals surface area contributed by atoms with Gasteiger partial charge in [0.05, 0.1) is 16.9 Å². The highest BCUT2D eigenvalue weighted by atomic mass is 35.5. The minimum absolute atomic E-state index is 0.0172. The van der Waals surface area contributed by atoms with Crippen LogP contribution in [-0.4, -0.2) is 22.8 Å². The topological polar surface area (TPSA) is 84.6 Å². The van der Waals surface area contributed by atoms with E-state index in [9.17, 15) is 14.9 Å². The molecule has 0 bridgehead atoms. The molecule has 1 amide bonds. The number of nitrogens with zero attached hydrogens (tertiary/aromatic N) is 2. The highest BCUT2D eigenvalue weighted by molar-refractivity contribution is 8.00. The number of nitro benzene ring substituents is 1. The van der Waals surface area contributed by atoms with Crippen molar-refractivity contribution in [3.8, 4) is 0 Å². The number of amides is 1. The maximum absolute atomic E-state index is 11.7. The van der Waals surface area contributed by atoms with Crippen molar-refractivity contribution in [2.24, 2.45) is 5.10 Å². The van der Waals surface area contributed by atoms with Gasteiger partial charge in [-0.2, -0.15) is 5.10 Å². The second kappa shape index (κ2) is 8.47. The molecule has 2 aromatic carbocycles. The van der Waals surface area contributed by atoms with Gasteiger partial charge in [0.15, 0.2) is 0 Å². The molecule has 6 nitrogen and oxygen atoms in total. The van der Waals surface area contributed by atoms with Gasteiger partial charge in [0.1, 0.15) is 0 Å². The van der Waals surface area contributed by atoms with Crippen LogP contribution < -0.4 is 5.43 Å². The molecule has 0 spiro atoms. The van der Waals surface area contributed by atoms with Gasteiger partial charge >= 0.3 is 0 Å². The van der Waals surface area contributed by atoms with Crippen LogP contribution in [0, 0.1) is 17.0 Å². The summed E-state index contributed by atoms with van der Waals surface area (Å²) in [7, 11) is 0. The Balaban J connectivity index is 1.87. The standard InChI is InChI=1S/C16H14ClN3O3S/c1-11-2-3-12(8-15(11)20(22)23)9-18-19-16(21)10-24-14-6-4-13(17)5-7-14/h2-9H,10H2,1H3,(H,19,21)/b18-9+. The number of aryl methyl sites for hydroxylation is 1. The average Bonchev–Trinajstić information content (AvgIpc) is 2.55. The number of nitro groups is 1.